The number of aromatic amines is 1. The SMILES string of the molecule is COc1ccc([C@H]2C=C(c3c(-c4ccccc4)c4cc([N+](=O)[O-])ccc4[nH]c3=O)NN2)c(OC)c1. The molecular weight excluding hydrogens is 448 g/mol. The summed E-state index contributed by atoms with van der Waals surface area (Å²) in [6.07, 6.45) is 1.89. The second kappa shape index (κ2) is 8.96. The van der Waals surface area contributed by atoms with Gasteiger partial charge in [0.2, 0.25) is 0 Å². The third kappa shape index (κ3) is 3.98. The number of hydrogen-bond donors (Lipinski definition) is 3. The minimum Gasteiger partial charge on any atom is -0.497 e. The minimum atomic E-state index is -0.445. The summed E-state index contributed by atoms with van der Waals surface area (Å²) in [6, 6.07) is 19.0. The molecule has 0 saturated carbocycles. The molecule has 1 aliphatic heterocycles. The Morgan fingerprint density at radius 2 is 1.74 bits per heavy atom. The summed E-state index contributed by atoms with van der Waals surface area (Å²) in [6.45, 7) is 0. The highest BCUT2D eigenvalue weighted by Crippen LogP contribution is 2.37. The van der Waals surface area contributed by atoms with E-state index >= 15 is 0 Å². The molecule has 0 radical (unpaired) electrons. The van der Waals surface area contributed by atoms with Crippen molar-refractivity contribution in [1.82, 2.24) is 15.8 Å². The summed E-state index contributed by atoms with van der Waals surface area (Å²) in [4.78, 5) is 27.3. The average Bonchev–Trinajstić information content (AvgIpc) is 3.37. The summed E-state index contributed by atoms with van der Waals surface area (Å²) < 4.78 is 10.8. The van der Waals surface area contributed by atoms with Crippen LogP contribution in [0.25, 0.3) is 27.7 Å². The first-order valence-corrected chi connectivity index (χ1v) is 10.9. The van der Waals surface area contributed by atoms with Crippen molar-refractivity contribution in [3.63, 3.8) is 0 Å². The number of hydrazine groups is 1. The number of nitro groups is 1. The Hall–Kier alpha value is -4.63. The Morgan fingerprint density at radius 1 is 0.943 bits per heavy atom. The van der Waals surface area contributed by atoms with Crippen molar-refractivity contribution in [2.75, 3.05) is 14.2 Å². The summed E-state index contributed by atoms with van der Waals surface area (Å²) in [5.74, 6) is 1.30. The van der Waals surface area contributed by atoms with Crippen LogP contribution in [0.2, 0.25) is 0 Å². The van der Waals surface area contributed by atoms with E-state index in [2.05, 4.69) is 15.8 Å². The van der Waals surface area contributed by atoms with E-state index in [9.17, 15) is 14.9 Å². The maximum atomic E-state index is 13.3. The summed E-state index contributed by atoms with van der Waals surface area (Å²) in [7, 11) is 3.17. The number of ether oxygens (including phenoxy) is 2. The number of benzene rings is 3. The molecule has 0 aliphatic carbocycles. The summed E-state index contributed by atoms with van der Waals surface area (Å²) >= 11 is 0. The number of nitrogens with zero attached hydrogens (tertiary/aromatic N) is 1. The van der Waals surface area contributed by atoms with Gasteiger partial charge in [-0.1, -0.05) is 30.3 Å². The number of aromatic nitrogens is 1. The fourth-order valence-corrected chi connectivity index (χ4v) is 4.35. The van der Waals surface area contributed by atoms with Gasteiger partial charge in [-0.3, -0.25) is 14.9 Å². The number of hydrogen-bond acceptors (Lipinski definition) is 7. The van der Waals surface area contributed by atoms with E-state index in [1.165, 1.54) is 12.1 Å². The molecule has 1 aromatic heterocycles. The normalized spacial score (nSPS) is 14.9. The van der Waals surface area contributed by atoms with Gasteiger partial charge >= 0.3 is 0 Å². The van der Waals surface area contributed by atoms with Gasteiger partial charge in [0.15, 0.2) is 0 Å². The first-order valence-electron chi connectivity index (χ1n) is 10.9. The summed E-state index contributed by atoms with van der Waals surface area (Å²) in [5, 5.41) is 12.1. The van der Waals surface area contributed by atoms with Gasteiger partial charge in [0.1, 0.15) is 11.5 Å². The molecule has 0 unspecified atom stereocenters. The molecule has 5 rings (SSSR count). The fourth-order valence-electron chi connectivity index (χ4n) is 4.35. The van der Waals surface area contributed by atoms with Crippen LogP contribution in [0.5, 0.6) is 11.5 Å². The van der Waals surface area contributed by atoms with E-state index in [0.29, 0.717) is 39.2 Å². The van der Waals surface area contributed by atoms with Crippen LogP contribution in [-0.4, -0.2) is 24.1 Å². The molecule has 9 nitrogen and oxygen atoms in total. The fraction of sp³-hybridized carbons (Fsp3) is 0.115. The molecule has 0 spiro atoms. The van der Waals surface area contributed by atoms with Crippen molar-refractivity contribution in [3.8, 4) is 22.6 Å². The standard InChI is InChI=1S/C26H22N4O5/c1-34-17-9-10-18(23(13-17)35-2)21-14-22(29-28-21)25-24(15-6-4-3-5-7-15)19-12-16(30(32)33)8-11-20(19)27-26(25)31/h3-14,21,28-29H,1-2H3,(H,27,31)/t21-/m1/s1. The zero-order valence-electron chi connectivity index (χ0n) is 19.0. The van der Waals surface area contributed by atoms with Crippen LogP contribution < -0.4 is 25.9 Å². The third-order valence-corrected chi connectivity index (χ3v) is 6.01. The van der Waals surface area contributed by atoms with Gasteiger partial charge in [-0.15, -0.1) is 0 Å². The van der Waals surface area contributed by atoms with Crippen molar-refractivity contribution < 1.29 is 14.4 Å². The van der Waals surface area contributed by atoms with Gasteiger partial charge in [0, 0.05) is 40.2 Å². The number of H-pyrrole nitrogens is 1. The van der Waals surface area contributed by atoms with Crippen LogP contribution in [0.1, 0.15) is 17.2 Å². The number of nitro benzene ring substituents is 1. The smallest absolute Gasteiger partial charge is 0.270 e. The van der Waals surface area contributed by atoms with Gasteiger partial charge in [-0.2, -0.15) is 0 Å². The molecule has 0 fully saturated rings. The first-order chi connectivity index (χ1) is 17.0. The second-order valence-corrected chi connectivity index (χ2v) is 7.99. The maximum absolute atomic E-state index is 13.3. The lowest BCUT2D eigenvalue weighted by molar-refractivity contribution is -0.384. The maximum Gasteiger partial charge on any atom is 0.270 e. The molecule has 176 valence electrons. The van der Waals surface area contributed by atoms with Gasteiger partial charge in [-0.05, 0) is 29.8 Å². The number of rotatable bonds is 6. The topological polar surface area (TPSA) is 119 Å². The quantitative estimate of drug-likeness (QED) is 0.284. The van der Waals surface area contributed by atoms with Crippen molar-refractivity contribution in [1.29, 1.82) is 0 Å². The lowest BCUT2D eigenvalue weighted by atomic mass is 9.93. The highest BCUT2D eigenvalue weighted by Gasteiger charge is 2.26. The Labute approximate surface area is 200 Å². The predicted octanol–water partition coefficient (Wildman–Crippen LogP) is 4.31. The molecule has 9 heteroatoms. The van der Waals surface area contributed by atoms with Crippen LogP contribution in [0, 0.1) is 10.1 Å². The largest absolute Gasteiger partial charge is 0.497 e. The van der Waals surface area contributed by atoms with Crippen LogP contribution in [-0.2, 0) is 0 Å². The monoisotopic (exact) mass is 470 g/mol. The number of non-ortho nitro benzene ring substituents is 1. The zero-order chi connectivity index (χ0) is 24.5. The van der Waals surface area contributed by atoms with Crippen LogP contribution >= 0.6 is 0 Å². The van der Waals surface area contributed by atoms with Crippen molar-refractivity contribution in [2.24, 2.45) is 0 Å². The van der Waals surface area contributed by atoms with Crippen molar-refractivity contribution in [3.05, 3.63) is 104 Å². The molecule has 35 heavy (non-hydrogen) atoms. The Morgan fingerprint density at radius 3 is 2.46 bits per heavy atom. The Bertz CT molecular complexity index is 1530. The molecule has 1 atom stereocenters. The van der Waals surface area contributed by atoms with Crippen molar-refractivity contribution >= 4 is 22.3 Å². The number of methoxy groups -OCH3 is 2. The van der Waals surface area contributed by atoms with E-state index in [-0.39, 0.29) is 17.3 Å². The van der Waals surface area contributed by atoms with Crippen LogP contribution in [0.15, 0.2) is 77.6 Å². The molecule has 3 N–H and O–H groups in total. The molecular formula is C26H22N4O5. The highest BCUT2D eigenvalue weighted by atomic mass is 16.6. The first kappa shape index (κ1) is 22.2. The van der Waals surface area contributed by atoms with E-state index in [1.54, 1.807) is 26.4 Å². The van der Waals surface area contributed by atoms with Crippen molar-refractivity contribution in [2.45, 2.75) is 6.04 Å². The minimum absolute atomic E-state index is 0.0555. The molecule has 2 heterocycles. The van der Waals surface area contributed by atoms with E-state index < -0.39 is 4.92 Å². The molecule has 0 saturated heterocycles. The molecule has 0 bridgehead atoms. The van der Waals surface area contributed by atoms with E-state index in [0.717, 1.165) is 11.1 Å². The number of nitrogens with one attached hydrogen (secondary N) is 3. The molecule has 1 aliphatic rings. The number of pyridine rings is 1. The van der Waals surface area contributed by atoms with Crippen LogP contribution in [0.3, 0.4) is 0 Å². The lowest BCUT2D eigenvalue weighted by Gasteiger charge is -2.15. The van der Waals surface area contributed by atoms with Gasteiger partial charge in [-0.25, -0.2) is 5.43 Å². The van der Waals surface area contributed by atoms with E-state index in [1.807, 2.05) is 48.5 Å². The molecule has 0 amide bonds. The molecule has 3 aromatic carbocycles. The Balaban J connectivity index is 1.72. The van der Waals surface area contributed by atoms with Gasteiger partial charge in [0.25, 0.3) is 11.2 Å². The third-order valence-electron chi connectivity index (χ3n) is 6.01. The molecule has 4 aromatic rings. The zero-order valence-corrected chi connectivity index (χ0v) is 19.0. The average molecular weight is 470 g/mol. The van der Waals surface area contributed by atoms with Gasteiger partial charge < -0.3 is 19.9 Å². The Kier molecular flexibility index (Phi) is 5.68. The predicted molar refractivity (Wildman–Crippen MR) is 133 cm³/mol. The number of fused-ring (bicyclic) bond motifs is 1. The van der Waals surface area contributed by atoms with Gasteiger partial charge in [0.05, 0.1) is 36.4 Å². The highest BCUT2D eigenvalue weighted by molar-refractivity contribution is 6.01. The van der Waals surface area contributed by atoms with Crippen LogP contribution in [0.4, 0.5) is 5.69 Å². The summed E-state index contributed by atoms with van der Waals surface area (Å²) in [5.41, 5.74) is 9.63. The lowest BCUT2D eigenvalue weighted by Crippen LogP contribution is -2.28. The van der Waals surface area contributed by atoms with E-state index in [4.69, 9.17) is 9.47 Å². The second-order valence-electron chi connectivity index (χ2n) is 7.99.